The van der Waals surface area contributed by atoms with Crippen molar-refractivity contribution in [2.24, 2.45) is 0 Å². The van der Waals surface area contributed by atoms with E-state index in [9.17, 15) is 0 Å². The van der Waals surface area contributed by atoms with Crippen molar-refractivity contribution in [3.05, 3.63) is 23.8 Å². The Bertz CT molecular complexity index is 256. The normalized spacial score (nSPS) is 9.83. The minimum Gasteiger partial charge on any atom is -0.397 e. The molecule has 0 saturated carbocycles. The Morgan fingerprint density at radius 2 is 2.17 bits per heavy atom. The summed E-state index contributed by atoms with van der Waals surface area (Å²) in [5.41, 5.74) is 8.92. The summed E-state index contributed by atoms with van der Waals surface area (Å²) in [6.07, 6.45) is 1.12. The van der Waals surface area contributed by atoms with E-state index in [0.29, 0.717) is 0 Å². The molecule has 0 atom stereocenters. The first-order valence-corrected chi connectivity index (χ1v) is 4.34. The van der Waals surface area contributed by atoms with Crippen molar-refractivity contribution in [3.8, 4) is 0 Å². The Labute approximate surface area is 73.8 Å². The molecule has 66 valence electrons. The summed E-state index contributed by atoms with van der Waals surface area (Å²) in [5, 5.41) is 3.28. The minimum atomic E-state index is 0.867. The first kappa shape index (κ1) is 8.91. The standard InChI is InChI=1S/C10H16N2/c1-3-7-12-9-6-4-5-8(2)10(9)11/h4-6,12H,3,7,11H2,1-2H3. The molecular weight excluding hydrogens is 148 g/mol. The number of aryl methyl sites for hydroxylation is 1. The SMILES string of the molecule is CCCNc1cccc(C)c1N. The van der Waals surface area contributed by atoms with Crippen molar-refractivity contribution in [1.82, 2.24) is 0 Å². The average molecular weight is 164 g/mol. The smallest absolute Gasteiger partial charge is 0.0579 e. The molecule has 1 rings (SSSR count). The molecule has 2 nitrogen and oxygen atoms in total. The van der Waals surface area contributed by atoms with Crippen LogP contribution in [-0.4, -0.2) is 6.54 Å². The van der Waals surface area contributed by atoms with Gasteiger partial charge in [-0.3, -0.25) is 0 Å². The molecule has 0 aliphatic carbocycles. The van der Waals surface area contributed by atoms with E-state index in [1.165, 1.54) is 0 Å². The number of nitrogens with two attached hydrogens (primary N) is 1. The van der Waals surface area contributed by atoms with Crippen LogP contribution >= 0.6 is 0 Å². The van der Waals surface area contributed by atoms with Crippen molar-refractivity contribution < 1.29 is 0 Å². The summed E-state index contributed by atoms with van der Waals surface area (Å²) >= 11 is 0. The van der Waals surface area contributed by atoms with Gasteiger partial charge in [0.2, 0.25) is 0 Å². The molecule has 2 heteroatoms. The van der Waals surface area contributed by atoms with E-state index < -0.39 is 0 Å². The topological polar surface area (TPSA) is 38.0 Å². The second-order valence-electron chi connectivity index (χ2n) is 2.96. The van der Waals surface area contributed by atoms with Crippen molar-refractivity contribution >= 4 is 11.4 Å². The maximum atomic E-state index is 5.86. The van der Waals surface area contributed by atoms with Gasteiger partial charge in [-0.25, -0.2) is 0 Å². The zero-order valence-electron chi connectivity index (χ0n) is 7.72. The monoisotopic (exact) mass is 164 g/mol. The third kappa shape index (κ3) is 1.91. The zero-order chi connectivity index (χ0) is 8.97. The van der Waals surface area contributed by atoms with Crippen LogP contribution in [0.5, 0.6) is 0 Å². The van der Waals surface area contributed by atoms with E-state index in [1.54, 1.807) is 0 Å². The van der Waals surface area contributed by atoms with Gasteiger partial charge in [-0.15, -0.1) is 0 Å². The first-order valence-electron chi connectivity index (χ1n) is 4.34. The molecule has 1 aromatic carbocycles. The van der Waals surface area contributed by atoms with Crippen molar-refractivity contribution in [3.63, 3.8) is 0 Å². The maximum absolute atomic E-state index is 5.86. The van der Waals surface area contributed by atoms with Crippen LogP contribution in [0.3, 0.4) is 0 Å². The highest BCUT2D eigenvalue weighted by atomic mass is 14.9. The number of para-hydroxylation sites is 1. The summed E-state index contributed by atoms with van der Waals surface area (Å²) in [6, 6.07) is 6.05. The lowest BCUT2D eigenvalue weighted by Crippen LogP contribution is -2.03. The van der Waals surface area contributed by atoms with Crippen LogP contribution in [0, 0.1) is 6.92 Å². The average Bonchev–Trinajstić information content (AvgIpc) is 2.08. The predicted molar refractivity (Wildman–Crippen MR) is 54.4 cm³/mol. The molecule has 0 heterocycles. The third-order valence-electron chi connectivity index (χ3n) is 1.89. The van der Waals surface area contributed by atoms with Gasteiger partial charge in [-0.2, -0.15) is 0 Å². The molecule has 1 aromatic rings. The summed E-state index contributed by atoms with van der Waals surface area (Å²) in [5.74, 6) is 0. The Hall–Kier alpha value is -1.18. The number of benzene rings is 1. The van der Waals surface area contributed by atoms with Crippen LogP contribution in [0.4, 0.5) is 11.4 Å². The lowest BCUT2D eigenvalue weighted by molar-refractivity contribution is 0.980. The Morgan fingerprint density at radius 3 is 2.83 bits per heavy atom. The Kier molecular flexibility index (Phi) is 2.97. The number of rotatable bonds is 3. The van der Waals surface area contributed by atoms with E-state index in [1.807, 2.05) is 25.1 Å². The summed E-state index contributed by atoms with van der Waals surface area (Å²) < 4.78 is 0. The van der Waals surface area contributed by atoms with Gasteiger partial charge in [0.05, 0.1) is 11.4 Å². The molecule has 12 heavy (non-hydrogen) atoms. The molecule has 0 amide bonds. The van der Waals surface area contributed by atoms with Crippen molar-refractivity contribution in [2.75, 3.05) is 17.6 Å². The van der Waals surface area contributed by atoms with Crippen molar-refractivity contribution in [1.29, 1.82) is 0 Å². The number of nitrogen functional groups attached to an aromatic ring is 1. The molecule has 0 radical (unpaired) electrons. The maximum Gasteiger partial charge on any atom is 0.0579 e. The highest BCUT2D eigenvalue weighted by Gasteiger charge is 1.98. The first-order chi connectivity index (χ1) is 5.75. The second kappa shape index (κ2) is 4.00. The molecule has 0 spiro atoms. The number of hydrogen-bond donors (Lipinski definition) is 2. The van der Waals surface area contributed by atoms with Crippen LogP contribution in [0.15, 0.2) is 18.2 Å². The second-order valence-corrected chi connectivity index (χ2v) is 2.96. The number of anilines is 2. The molecule has 0 saturated heterocycles. The summed E-state index contributed by atoms with van der Waals surface area (Å²) in [4.78, 5) is 0. The largest absolute Gasteiger partial charge is 0.397 e. The van der Waals surface area contributed by atoms with Crippen LogP contribution in [-0.2, 0) is 0 Å². The van der Waals surface area contributed by atoms with E-state index in [4.69, 9.17) is 5.73 Å². The van der Waals surface area contributed by atoms with Gasteiger partial charge >= 0.3 is 0 Å². The van der Waals surface area contributed by atoms with Gasteiger partial charge in [-0.1, -0.05) is 19.1 Å². The molecular formula is C10H16N2. The van der Waals surface area contributed by atoms with E-state index in [-0.39, 0.29) is 0 Å². The minimum absolute atomic E-state index is 0.867. The molecule has 0 fully saturated rings. The molecule has 0 aliphatic heterocycles. The molecule has 0 aliphatic rings. The van der Waals surface area contributed by atoms with Crippen LogP contribution in [0.1, 0.15) is 18.9 Å². The zero-order valence-corrected chi connectivity index (χ0v) is 7.72. The fraction of sp³-hybridized carbons (Fsp3) is 0.400. The Morgan fingerprint density at radius 1 is 1.42 bits per heavy atom. The molecule has 0 bridgehead atoms. The van der Waals surface area contributed by atoms with Gasteiger partial charge in [0.15, 0.2) is 0 Å². The molecule has 0 unspecified atom stereocenters. The van der Waals surface area contributed by atoms with Gasteiger partial charge in [-0.05, 0) is 25.0 Å². The van der Waals surface area contributed by atoms with Gasteiger partial charge < -0.3 is 11.1 Å². The van der Waals surface area contributed by atoms with Gasteiger partial charge in [0.1, 0.15) is 0 Å². The quantitative estimate of drug-likeness (QED) is 0.673. The van der Waals surface area contributed by atoms with Gasteiger partial charge in [0.25, 0.3) is 0 Å². The lowest BCUT2D eigenvalue weighted by Gasteiger charge is -2.09. The van der Waals surface area contributed by atoms with E-state index in [2.05, 4.69) is 12.2 Å². The fourth-order valence-electron chi connectivity index (χ4n) is 1.09. The fourth-order valence-corrected chi connectivity index (χ4v) is 1.09. The lowest BCUT2D eigenvalue weighted by atomic mass is 10.2. The summed E-state index contributed by atoms with van der Waals surface area (Å²) in [6.45, 7) is 5.14. The third-order valence-corrected chi connectivity index (χ3v) is 1.89. The van der Waals surface area contributed by atoms with Gasteiger partial charge in [0, 0.05) is 6.54 Å². The number of hydrogen-bond acceptors (Lipinski definition) is 2. The highest BCUT2D eigenvalue weighted by molar-refractivity contribution is 5.69. The number of nitrogens with one attached hydrogen (secondary N) is 1. The van der Waals surface area contributed by atoms with E-state index >= 15 is 0 Å². The van der Waals surface area contributed by atoms with Crippen LogP contribution < -0.4 is 11.1 Å². The van der Waals surface area contributed by atoms with Crippen molar-refractivity contribution in [2.45, 2.75) is 20.3 Å². The van der Waals surface area contributed by atoms with Crippen LogP contribution in [0.25, 0.3) is 0 Å². The van der Waals surface area contributed by atoms with E-state index in [0.717, 1.165) is 29.9 Å². The summed E-state index contributed by atoms with van der Waals surface area (Å²) in [7, 11) is 0. The highest BCUT2D eigenvalue weighted by Crippen LogP contribution is 2.21. The molecule has 3 N–H and O–H groups in total. The Balaban J connectivity index is 2.78. The predicted octanol–water partition coefficient (Wildman–Crippen LogP) is 2.40. The molecule has 0 aromatic heterocycles. The van der Waals surface area contributed by atoms with Crippen LogP contribution in [0.2, 0.25) is 0 Å².